The molecule has 4 nitrogen and oxygen atoms in total. The molecule has 2 N–H and O–H groups in total. The molecule has 0 aliphatic rings. The lowest BCUT2D eigenvalue weighted by molar-refractivity contribution is -0.124. The third-order valence-corrected chi connectivity index (χ3v) is 3.85. The van der Waals surface area contributed by atoms with E-state index in [2.05, 4.69) is 10.6 Å². The molecular formula is C14H22N2O2S. The monoisotopic (exact) mass is 282 g/mol. The van der Waals surface area contributed by atoms with Gasteiger partial charge < -0.3 is 10.6 Å². The van der Waals surface area contributed by atoms with Crippen molar-refractivity contribution in [3.63, 3.8) is 0 Å². The van der Waals surface area contributed by atoms with Crippen LogP contribution in [-0.4, -0.2) is 23.9 Å². The van der Waals surface area contributed by atoms with Crippen LogP contribution in [0.1, 0.15) is 43.8 Å². The Labute approximate surface area is 118 Å². The first-order valence-electron chi connectivity index (χ1n) is 6.60. The zero-order valence-electron chi connectivity index (χ0n) is 11.9. The van der Waals surface area contributed by atoms with Gasteiger partial charge in [0.05, 0.1) is 4.88 Å². The average molecular weight is 282 g/mol. The Balaban J connectivity index is 2.68. The first kappa shape index (κ1) is 15.7. The van der Waals surface area contributed by atoms with E-state index in [4.69, 9.17) is 0 Å². The van der Waals surface area contributed by atoms with Crippen LogP contribution < -0.4 is 10.6 Å². The van der Waals surface area contributed by atoms with Crippen LogP contribution >= 0.6 is 11.3 Å². The Morgan fingerprint density at radius 3 is 2.42 bits per heavy atom. The molecule has 0 bridgehead atoms. The van der Waals surface area contributed by atoms with E-state index in [1.54, 1.807) is 6.07 Å². The Bertz CT molecular complexity index is 415. The first-order chi connectivity index (χ1) is 8.95. The highest BCUT2D eigenvalue weighted by molar-refractivity contribution is 7.12. The lowest BCUT2D eigenvalue weighted by Gasteiger charge is -2.23. The van der Waals surface area contributed by atoms with E-state index in [-0.39, 0.29) is 23.8 Å². The molecule has 19 heavy (non-hydrogen) atoms. The van der Waals surface area contributed by atoms with Gasteiger partial charge in [-0.3, -0.25) is 9.59 Å². The smallest absolute Gasteiger partial charge is 0.262 e. The number of carbonyl (C=O) groups is 2. The van der Waals surface area contributed by atoms with E-state index in [0.717, 1.165) is 6.42 Å². The van der Waals surface area contributed by atoms with Crippen molar-refractivity contribution in [3.05, 3.63) is 22.4 Å². The second-order valence-corrected chi connectivity index (χ2v) is 5.94. The summed E-state index contributed by atoms with van der Waals surface area (Å²) < 4.78 is 0. The summed E-state index contributed by atoms with van der Waals surface area (Å²) in [7, 11) is 0. The van der Waals surface area contributed by atoms with Crippen LogP contribution in [0.25, 0.3) is 0 Å². The third kappa shape index (κ3) is 4.67. The minimum absolute atomic E-state index is 0.0490. The van der Waals surface area contributed by atoms with E-state index >= 15 is 0 Å². The Morgan fingerprint density at radius 2 is 1.95 bits per heavy atom. The predicted octanol–water partition coefficient (Wildman–Crippen LogP) is 2.42. The van der Waals surface area contributed by atoms with E-state index in [1.807, 2.05) is 39.1 Å². The van der Waals surface area contributed by atoms with Crippen LogP contribution in [0.15, 0.2) is 17.5 Å². The van der Waals surface area contributed by atoms with Crippen molar-refractivity contribution in [1.29, 1.82) is 0 Å². The molecule has 0 saturated carbocycles. The molecule has 0 aliphatic heterocycles. The summed E-state index contributed by atoms with van der Waals surface area (Å²) in [5, 5.41) is 7.56. The van der Waals surface area contributed by atoms with Crippen molar-refractivity contribution >= 4 is 23.2 Å². The quantitative estimate of drug-likeness (QED) is 0.842. The fourth-order valence-electron chi connectivity index (χ4n) is 1.59. The molecule has 2 atom stereocenters. The molecule has 0 aromatic carbocycles. The van der Waals surface area contributed by atoms with Crippen LogP contribution in [0.2, 0.25) is 0 Å². The fourth-order valence-corrected chi connectivity index (χ4v) is 2.22. The van der Waals surface area contributed by atoms with E-state index in [0.29, 0.717) is 4.88 Å². The van der Waals surface area contributed by atoms with Crippen LogP contribution in [0.3, 0.4) is 0 Å². The average Bonchev–Trinajstić information content (AvgIpc) is 2.88. The normalized spacial score (nSPS) is 13.9. The maximum atomic E-state index is 12.1. The van der Waals surface area contributed by atoms with Gasteiger partial charge in [-0.15, -0.1) is 11.3 Å². The van der Waals surface area contributed by atoms with Crippen LogP contribution in [-0.2, 0) is 4.79 Å². The highest BCUT2D eigenvalue weighted by Crippen LogP contribution is 2.10. The number of nitrogens with one attached hydrogen (secondary N) is 2. The molecule has 5 heteroatoms. The molecule has 0 spiro atoms. The second kappa shape index (κ2) is 7.28. The number of amides is 2. The third-order valence-electron chi connectivity index (χ3n) is 2.98. The van der Waals surface area contributed by atoms with Gasteiger partial charge in [-0.25, -0.2) is 0 Å². The summed E-state index contributed by atoms with van der Waals surface area (Å²) in [5.74, 6) is -0.254. The first-order valence-corrected chi connectivity index (χ1v) is 7.48. The molecule has 1 heterocycles. The van der Waals surface area contributed by atoms with Crippen molar-refractivity contribution in [2.24, 2.45) is 5.92 Å². The van der Waals surface area contributed by atoms with Gasteiger partial charge in [-0.2, -0.15) is 0 Å². The summed E-state index contributed by atoms with van der Waals surface area (Å²) in [6.45, 7) is 7.82. The SMILES string of the molecule is CCC(C)NC(=O)C(NC(=O)c1cccs1)C(C)C. The fraction of sp³-hybridized carbons (Fsp3) is 0.571. The summed E-state index contributed by atoms with van der Waals surface area (Å²) in [6.07, 6.45) is 0.870. The van der Waals surface area contributed by atoms with Gasteiger partial charge in [0.25, 0.3) is 5.91 Å². The van der Waals surface area contributed by atoms with Gasteiger partial charge in [0.1, 0.15) is 6.04 Å². The summed E-state index contributed by atoms with van der Waals surface area (Å²) in [6, 6.07) is 3.20. The Hall–Kier alpha value is -1.36. The van der Waals surface area contributed by atoms with Crippen LogP contribution in [0.5, 0.6) is 0 Å². The molecule has 1 aromatic heterocycles. The number of hydrogen-bond acceptors (Lipinski definition) is 3. The second-order valence-electron chi connectivity index (χ2n) is 4.99. The van der Waals surface area contributed by atoms with E-state index in [1.165, 1.54) is 11.3 Å². The minimum atomic E-state index is -0.497. The van der Waals surface area contributed by atoms with Gasteiger partial charge in [-0.1, -0.05) is 26.8 Å². The molecule has 106 valence electrons. The summed E-state index contributed by atoms with van der Waals surface area (Å²) in [5.41, 5.74) is 0. The zero-order valence-corrected chi connectivity index (χ0v) is 12.7. The van der Waals surface area contributed by atoms with Gasteiger partial charge in [0.15, 0.2) is 0 Å². The highest BCUT2D eigenvalue weighted by Gasteiger charge is 2.25. The van der Waals surface area contributed by atoms with Crippen molar-refractivity contribution in [3.8, 4) is 0 Å². The lowest BCUT2D eigenvalue weighted by atomic mass is 10.0. The molecule has 0 fully saturated rings. The van der Waals surface area contributed by atoms with E-state index < -0.39 is 6.04 Å². The number of thiophene rings is 1. The van der Waals surface area contributed by atoms with Gasteiger partial charge >= 0.3 is 0 Å². The molecule has 2 amide bonds. The standard InChI is InChI=1S/C14H22N2O2S/c1-5-10(4)15-14(18)12(9(2)3)16-13(17)11-7-6-8-19-11/h6-10,12H,5H2,1-4H3,(H,15,18)(H,16,17). The number of rotatable bonds is 6. The molecule has 0 radical (unpaired) electrons. The number of hydrogen-bond donors (Lipinski definition) is 2. The largest absolute Gasteiger partial charge is 0.352 e. The van der Waals surface area contributed by atoms with Crippen molar-refractivity contribution in [1.82, 2.24) is 10.6 Å². The number of carbonyl (C=O) groups excluding carboxylic acids is 2. The molecule has 2 unspecified atom stereocenters. The highest BCUT2D eigenvalue weighted by atomic mass is 32.1. The van der Waals surface area contributed by atoms with Crippen molar-refractivity contribution < 1.29 is 9.59 Å². The van der Waals surface area contributed by atoms with Gasteiger partial charge in [0, 0.05) is 6.04 Å². The van der Waals surface area contributed by atoms with Gasteiger partial charge in [0.2, 0.25) is 5.91 Å². The van der Waals surface area contributed by atoms with Crippen LogP contribution in [0.4, 0.5) is 0 Å². The topological polar surface area (TPSA) is 58.2 Å². The maximum absolute atomic E-state index is 12.1. The molecule has 0 aliphatic carbocycles. The summed E-state index contributed by atoms with van der Waals surface area (Å²) >= 11 is 1.37. The van der Waals surface area contributed by atoms with Crippen LogP contribution in [0, 0.1) is 5.92 Å². The zero-order chi connectivity index (χ0) is 14.4. The van der Waals surface area contributed by atoms with Crippen molar-refractivity contribution in [2.75, 3.05) is 0 Å². The van der Waals surface area contributed by atoms with E-state index in [9.17, 15) is 9.59 Å². The van der Waals surface area contributed by atoms with Crippen molar-refractivity contribution in [2.45, 2.75) is 46.2 Å². The summed E-state index contributed by atoms with van der Waals surface area (Å²) in [4.78, 5) is 24.8. The molecule has 0 saturated heterocycles. The lowest BCUT2D eigenvalue weighted by Crippen LogP contribution is -2.51. The molecular weight excluding hydrogens is 260 g/mol. The maximum Gasteiger partial charge on any atom is 0.262 e. The predicted molar refractivity (Wildman–Crippen MR) is 78.3 cm³/mol. The van der Waals surface area contributed by atoms with Gasteiger partial charge in [-0.05, 0) is 30.7 Å². The Kier molecular flexibility index (Phi) is 6.02. The molecule has 1 rings (SSSR count). The Morgan fingerprint density at radius 1 is 1.26 bits per heavy atom. The molecule has 1 aromatic rings. The minimum Gasteiger partial charge on any atom is -0.352 e.